The Bertz CT molecular complexity index is 999. The number of sulfone groups is 1. The average Bonchev–Trinajstić information content (AvgIpc) is 3.15. The summed E-state index contributed by atoms with van der Waals surface area (Å²) in [6.07, 6.45) is 0. The number of hydrogen-bond donors (Lipinski definition) is 3. The number of rotatable bonds is 5. The minimum Gasteiger partial charge on any atom is -0.378 e. The molecule has 12 nitrogen and oxygen atoms in total. The maximum absolute atomic E-state index is 12.3. The predicted octanol–water partition coefficient (Wildman–Crippen LogP) is -1.96. The highest BCUT2D eigenvalue weighted by Crippen LogP contribution is 2.38. The van der Waals surface area contributed by atoms with Crippen LogP contribution in [-0.4, -0.2) is 69.6 Å². The largest absolute Gasteiger partial charge is 0.378 e. The van der Waals surface area contributed by atoms with Crippen molar-refractivity contribution in [2.24, 2.45) is 10.9 Å². The molecule has 2 aromatic rings. The first-order valence-electron chi connectivity index (χ1n) is 7.45. The normalized spacial score (nSPS) is 16.0. The van der Waals surface area contributed by atoms with Gasteiger partial charge in [0.1, 0.15) is 10.8 Å². The Morgan fingerprint density at radius 1 is 1.19 bits per heavy atom. The molecule has 142 valence electrons. The number of H-pyrrole nitrogens is 1. The molecule has 14 heteroatoms. The van der Waals surface area contributed by atoms with Crippen molar-refractivity contribution < 1.29 is 21.6 Å². The number of nitrogens with zero attached hydrogens (tertiary/aromatic N) is 4. The van der Waals surface area contributed by atoms with Gasteiger partial charge >= 0.3 is 0 Å². The lowest BCUT2D eigenvalue weighted by Gasteiger charge is -2.31. The number of aromatic amines is 1. The van der Waals surface area contributed by atoms with Crippen molar-refractivity contribution in [3.05, 3.63) is 12.1 Å². The minimum absolute atomic E-state index is 0.0438. The van der Waals surface area contributed by atoms with Gasteiger partial charge in [0.25, 0.3) is 0 Å². The molecule has 0 atom stereocenters. The molecule has 2 heterocycles. The van der Waals surface area contributed by atoms with Gasteiger partial charge in [-0.2, -0.15) is 5.21 Å². The fraction of sp³-hybridized carbons (Fsp3) is 0.417. The molecule has 1 saturated heterocycles. The summed E-state index contributed by atoms with van der Waals surface area (Å²) in [5.74, 6) is -0.873. The van der Waals surface area contributed by atoms with Crippen molar-refractivity contribution in [2.75, 3.05) is 37.1 Å². The van der Waals surface area contributed by atoms with Gasteiger partial charge in [0.2, 0.25) is 15.8 Å². The molecule has 26 heavy (non-hydrogen) atoms. The zero-order chi connectivity index (χ0) is 18.9. The van der Waals surface area contributed by atoms with E-state index in [2.05, 4.69) is 20.6 Å². The van der Waals surface area contributed by atoms with Gasteiger partial charge in [-0.1, -0.05) is 0 Å². The number of benzene rings is 1. The maximum atomic E-state index is 12.3. The molecule has 1 aliphatic heterocycles. The molecule has 0 amide bonds. The number of nitrogens with two attached hydrogens (primary N) is 2. The van der Waals surface area contributed by atoms with Crippen LogP contribution in [0.2, 0.25) is 0 Å². The van der Waals surface area contributed by atoms with Crippen LogP contribution < -0.4 is 15.8 Å². The molecular weight excluding hydrogens is 386 g/mol. The number of anilines is 1. The molecular formula is C12H17N7O5S2. The van der Waals surface area contributed by atoms with Crippen LogP contribution in [0.1, 0.15) is 0 Å². The number of ether oxygens (including phenoxy) is 1. The highest BCUT2D eigenvalue weighted by Gasteiger charge is 2.32. The number of tetrazole rings is 1. The maximum Gasteiger partial charge on any atom is 0.240 e. The van der Waals surface area contributed by atoms with Crippen LogP contribution in [0.4, 0.5) is 5.69 Å². The summed E-state index contributed by atoms with van der Waals surface area (Å²) >= 11 is 0. The van der Waals surface area contributed by atoms with Gasteiger partial charge < -0.3 is 15.4 Å². The van der Waals surface area contributed by atoms with Gasteiger partial charge in [-0.25, -0.2) is 22.0 Å². The van der Waals surface area contributed by atoms with Crippen LogP contribution >= 0.6 is 0 Å². The van der Waals surface area contributed by atoms with Crippen LogP contribution in [0.3, 0.4) is 0 Å². The van der Waals surface area contributed by atoms with Crippen LogP contribution in [0.5, 0.6) is 0 Å². The summed E-state index contributed by atoms with van der Waals surface area (Å²) in [6.45, 7) is 1.80. The Balaban J connectivity index is 2.38. The van der Waals surface area contributed by atoms with Gasteiger partial charge in [-0.15, -0.1) is 10.2 Å². The van der Waals surface area contributed by atoms with Gasteiger partial charge in [-0.3, -0.25) is 0 Å². The highest BCUT2D eigenvalue weighted by atomic mass is 32.2. The summed E-state index contributed by atoms with van der Waals surface area (Å²) in [5.41, 5.74) is 5.67. The SMILES string of the molecule is NCS(=O)(=O)c1ccc(N2CCOCC2)c(-c2nn[nH]n2)c1S(N)(=O)=O. The fourth-order valence-corrected chi connectivity index (χ4v) is 5.12. The first kappa shape index (κ1) is 18.7. The molecule has 1 aliphatic rings. The zero-order valence-corrected chi connectivity index (χ0v) is 15.1. The quantitative estimate of drug-likeness (QED) is 0.505. The lowest BCUT2D eigenvalue weighted by Crippen LogP contribution is -2.37. The lowest BCUT2D eigenvalue weighted by molar-refractivity contribution is 0.122. The van der Waals surface area contributed by atoms with Crippen LogP contribution in [0, 0.1) is 0 Å². The Labute approximate surface area is 149 Å². The molecule has 0 spiro atoms. The van der Waals surface area contributed by atoms with E-state index in [0.717, 1.165) is 0 Å². The monoisotopic (exact) mass is 403 g/mol. The summed E-state index contributed by atoms with van der Waals surface area (Å²) in [5, 5.41) is 18.6. The number of sulfonamides is 1. The van der Waals surface area contributed by atoms with Crippen molar-refractivity contribution in [2.45, 2.75) is 9.79 Å². The third-order valence-corrected chi connectivity index (χ3v) is 6.43. The number of primary sulfonamides is 1. The number of morpholine rings is 1. The van der Waals surface area contributed by atoms with Crippen molar-refractivity contribution in [1.82, 2.24) is 20.6 Å². The van der Waals surface area contributed by atoms with E-state index in [1.807, 2.05) is 4.90 Å². The first-order valence-corrected chi connectivity index (χ1v) is 10.6. The van der Waals surface area contributed by atoms with Crippen molar-refractivity contribution >= 4 is 25.5 Å². The molecule has 0 saturated carbocycles. The third kappa shape index (κ3) is 3.41. The van der Waals surface area contributed by atoms with Gasteiger partial charge in [0, 0.05) is 18.8 Å². The van der Waals surface area contributed by atoms with E-state index < -0.39 is 35.5 Å². The van der Waals surface area contributed by atoms with Crippen LogP contribution in [0.25, 0.3) is 11.4 Å². The number of nitrogens with one attached hydrogen (secondary N) is 1. The summed E-state index contributed by atoms with van der Waals surface area (Å²) < 4.78 is 54.6. The van der Waals surface area contributed by atoms with E-state index >= 15 is 0 Å². The molecule has 0 aliphatic carbocycles. The second-order valence-electron chi connectivity index (χ2n) is 5.45. The smallest absolute Gasteiger partial charge is 0.240 e. The summed E-state index contributed by atoms with van der Waals surface area (Å²) in [4.78, 5) is 0.732. The Kier molecular flexibility index (Phi) is 4.94. The van der Waals surface area contributed by atoms with Gasteiger partial charge in [0.05, 0.1) is 23.7 Å². The van der Waals surface area contributed by atoms with Crippen molar-refractivity contribution in [1.29, 1.82) is 0 Å². The molecule has 1 aromatic heterocycles. The Morgan fingerprint density at radius 3 is 2.42 bits per heavy atom. The highest BCUT2D eigenvalue weighted by molar-refractivity contribution is 7.93. The summed E-state index contributed by atoms with van der Waals surface area (Å²) in [7, 11) is -8.54. The van der Waals surface area contributed by atoms with Crippen molar-refractivity contribution in [3.63, 3.8) is 0 Å². The van der Waals surface area contributed by atoms with E-state index in [-0.39, 0.29) is 11.4 Å². The summed E-state index contributed by atoms with van der Waals surface area (Å²) in [6, 6.07) is 2.66. The average molecular weight is 403 g/mol. The van der Waals surface area contributed by atoms with E-state index in [9.17, 15) is 16.8 Å². The topological polar surface area (TPSA) is 187 Å². The third-order valence-electron chi connectivity index (χ3n) is 3.86. The van der Waals surface area contributed by atoms with E-state index in [0.29, 0.717) is 32.0 Å². The Morgan fingerprint density at radius 2 is 1.88 bits per heavy atom. The molecule has 0 radical (unpaired) electrons. The van der Waals surface area contributed by atoms with Gasteiger partial charge in [-0.05, 0) is 17.3 Å². The zero-order valence-electron chi connectivity index (χ0n) is 13.5. The second-order valence-corrected chi connectivity index (χ2v) is 8.95. The standard InChI is InChI=1S/C12H17N7O5S2/c13-7-25(20,21)9-2-1-8(19-3-5-24-6-4-19)10(11(9)26(14,22)23)12-15-17-18-16-12/h1-2H,3-7,13H2,(H2,14,22,23)(H,15,16,17,18). The number of hydrogen-bond acceptors (Lipinski definition) is 10. The molecule has 1 aromatic carbocycles. The molecule has 0 unspecified atom stereocenters. The second kappa shape index (κ2) is 6.88. The Hall–Kier alpha value is -2.13. The van der Waals surface area contributed by atoms with Gasteiger partial charge in [0.15, 0.2) is 9.84 Å². The predicted molar refractivity (Wildman–Crippen MR) is 90.3 cm³/mol. The first-order chi connectivity index (χ1) is 12.3. The van der Waals surface area contributed by atoms with E-state index in [4.69, 9.17) is 15.6 Å². The minimum atomic E-state index is -4.46. The van der Waals surface area contributed by atoms with Crippen LogP contribution in [0.15, 0.2) is 21.9 Å². The molecule has 1 fully saturated rings. The fourth-order valence-electron chi connectivity index (χ4n) is 2.72. The molecule has 3 rings (SSSR count). The van der Waals surface area contributed by atoms with E-state index in [1.165, 1.54) is 12.1 Å². The lowest BCUT2D eigenvalue weighted by atomic mass is 10.1. The molecule has 0 bridgehead atoms. The van der Waals surface area contributed by atoms with Crippen molar-refractivity contribution in [3.8, 4) is 11.4 Å². The van der Waals surface area contributed by atoms with Crippen LogP contribution in [-0.2, 0) is 24.6 Å². The van der Waals surface area contributed by atoms with E-state index in [1.54, 1.807) is 0 Å². The molecule has 5 N–H and O–H groups in total. The number of aromatic nitrogens is 4.